The van der Waals surface area contributed by atoms with Crippen LogP contribution in [0.15, 0.2) is 24.3 Å². The molecule has 3 aliphatic heterocycles. The van der Waals surface area contributed by atoms with Gasteiger partial charge in [0, 0.05) is 18.3 Å². The molecule has 90 valence electrons. The average Bonchev–Trinajstić information content (AvgIpc) is 2.28. The molecule has 1 amide bonds. The molecule has 0 radical (unpaired) electrons. The lowest BCUT2D eigenvalue weighted by atomic mass is 10.1. The number of aromatic hydroxyl groups is 1. The molecule has 3 aliphatic rings. The molecule has 1 aromatic carbocycles. The number of phenolic OH excluding ortho intramolecular Hbond substituents is 1. The molecular weight excluding hydrogens is 242 g/mol. The van der Waals surface area contributed by atoms with Crippen LogP contribution in [0.1, 0.15) is 6.42 Å². The number of amides is 1. The van der Waals surface area contributed by atoms with Crippen molar-refractivity contribution >= 4 is 21.4 Å². The van der Waals surface area contributed by atoms with Gasteiger partial charge in [-0.15, -0.1) is 0 Å². The monoisotopic (exact) mass is 253 g/mol. The first-order valence-corrected chi connectivity index (χ1v) is 6.94. The first kappa shape index (κ1) is 10.6. The van der Waals surface area contributed by atoms with Crippen LogP contribution in [0.4, 0.5) is 5.69 Å². The fourth-order valence-corrected chi connectivity index (χ4v) is 4.23. The number of piperidine rings is 1. The van der Waals surface area contributed by atoms with Gasteiger partial charge in [-0.2, -0.15) is 0 Å². The van der Waals surface area contributed by atoms with Crippen molar-refractivity contribution < 1.29 is 18.3 Å². The lowest BCUT2D eigenvalue weighted by Gasteiger charge is -2.45. The van der Waals surface area contributed by atoms with Crippen molar-refractivity contribution in [2.45, 2.75) is 16.9 Å². The lowest BCUT2D eigenvalue weighted by molar-refractivity contribution is -0.119. The Morgan fingerprint density at radius 1 is 1.35 bits per heavy atom. The smallest absolute Gasteiger partial charge is 0.245 e. The molecule has 1 aromatic rings. The third kappa shape index (κ3) is 1.37. The SMILES string of the molecule is O=C1C2CC(CN1c1cccc(O)c1)S2(=O)=O. The van der Waals surface area contributed by atoms with E-state index in [1.165, 1.54) is 17.0 Å². The van der Waals surface area contributed by atoms with Gasteiger partial charge >= 0.3 is 0 Å². The molecule has 3 saturated heterocycles. The number of rotatable bonds is 1. The predicted molar refractivity (Wildman–Crippen MR) is 61.6 cm³/mol. The van der Waals surface area contributed by atoms with Gasteiger partial charge in [-0.05, 0) is 18.6 Å². The lowest BCUT2D eigenvalue weighted by Crippen LogP contribution is -2.65. The van der Waals surface area contributed by atoms with Gasteiger partial charge in [-0.25, -0.2) is 8.42 Å². The number of anilines is 1. The zero-order valence-corrected chi connectivity index (χ0v) is 9.72. The second-order valence-corrected chi connectivity index (χ2v) is 6.82. The average molecular weight is 253 g/mol. The first-order chi connectivity index (χ1) is 8.00. The summed E-state index contributed by atoms with van der Waals surface area (Å²) in [6.45, 7) is 0.196. The molecule has 0 spiro atoms. The molecule has 2 unspecified atom stereocenters. The van der Waals surface area contributed by atoms with Crippen molar-refractivity contribution in [1.82, 2.24) is 0 Å². The summed E-state index contributed by atoms with van der Waals surface area (Å²) in [6, 6.07) is 6.30. The highest BCUT2D eigenvalue weighted by Crippen LogP contribution is 2.38. The minimum absolute atomic E-state index is 0.0670. The van der Waals surface area contributed by atoms with Crippen LogP contribution in [0.5, 0.6) is 5.75 Å². The molecule has 2 bridgehead atoms. The molecule has 6 heteroatoms. The van der Waals surface area contributed by atoms with Gasteiger partial charge in [0.1, 0.15) is 11.0 Å². The number of phenols is 1. The number of nitrogens with zero attached hydrogens (tertiary/aromatic N) is 1. The normalized spacial score (nSPS) is 29.9. The van der Waals surface area contributed by atoms with Crippen molar-refractivity contribution in [3.63, 3.8) is 0 Å². The van der Waals surface area contributed by atoms with Gasteiger partial charge in [0.2, 0.25) is 5.91 Å². The maximum absolute atomic E-state index is 12.0. The van der Waals surface area contributed by atoms with Crippen LogP contribution < -0.4 is 4.90 Å². The number of carbonyl (C=O) groups excluding carboxylic acids is 1. The molecule has 3 heterocycles. The summed E-state index contributed by atoms with van der Waals surface area (Å²) in [5, 5.41) is 8.04. The van der Waals surface area contributed by atoms with E-state index >= 15 is 0 Å². The summed E-state index contributed by atoms with van der Waals surface area (Å²) in [6.07, 6.45) is 0.441. The second kappa shape index (κ2) is 3.22. The van der Waals surface area contributed by atoms with Gasteiger partial charge in [0.15, 0.2) is 9.84 Å². The maximum Gasteiger partial charge on any atom is 0.245 e. The van der Waals surface area contributed by atoms with E-state index in [1.807, 2.05) is 0 Å². The van der Waals surface area contributed by atoms with Crippen molar-refractivity contribution in [2.75, 3.05) is 11.4 Å². The Labute approximate surface area is 98.6 Å². The molecule has 4 rings (SSSR count). The fourth-order valence-electron chi connectivity index (χ4n) is 2.40. The van der Waals surface area contributed by atoms with E-state index in [2.05, 4.69) is 0 Å². The Balaban J connectivity index is 1.96. The van der Waals surface area contributed by atoms with Crippen molar-refractivity contribution in [3.8, 4) is 5.75 Å². The second-order valence-electron chi connectivity index (χ2n) is 4.40. The van der Waals surface area contributed by atoms with Crippen molar-refractivity contribution in [1.29, 1.82) is 0 Å². The van der Waals surface area contributed by atoms with E-state index in [0.29, 0.717) is 12.1 Å². The molecular formula is C11H11NO4S. The van der Waals surface area contributed by atoms with Gasteiger partial charge in [0.05, 0.1) is 5.25 Å². The minimum Gasteiger partial charge on any atom is -0.508 e. The fraction of sp³-hybridized carbons (Fsp3) is 0.364. The van der Waals surface area contributed by atoms with Crippen LogP contribution in [0, 0.1) is 0 Å². The van der Waals surface area contributed by atoms with Gasteiger partial charge in [0.25, 0.3) is 0 Å². The van der Waals surface area contributed by atoms with Gasteiger partial charge < -0.3 is 10.0 Å². The van der Waals surface area contributed by atoms with Crippen LogP contribution >= 0.6 is 0 Å². The summed E-state index contributed by atoms with van der Waals surface area (Å²) in [7, 11) is -3.22. The Bertz CT molecular complexity index is 595. The summed E-state index contributed by atoms with van der Waals surface area (Å²) in [5.41, 5.74) is 0.555. The number of sulfone groups is 1. The van der Waals surface area contributed by atoms with E-state index in [4.69, 9.17) is 0 Å². The molecule has 2 atom stereocenters. The van der Waals surface area contributed by atoms with E-state index < -0.39 is 20.3 Å². The van der Waals surface area contributed by atoms with Crippen molar-refractivity contribution in [2.24, 2.45) is 0 Å². The first-order valence-electron chi connectivity index (χ1n) is 5.33. The zero-order chi connectivity index (χ0) is 12.2. The van der Waals surface area contributed by atoms with Crippen LogP contribution in [0.3, 0.4) is 0 Å². The van der Waals surface area contributed by atoms with E-state index in [9.17, 15) is 18.3 Å². The largest absolute Gasteiger partial charge is 0.508 e. The number of benzene rings is 1. The summed E-state index contributed by atoms with van der Waals surface area (Å²) in [5.74, 6) is -0.310. The number of hydrogen-bond acceptors (Lipinski definition) is 4. The minimum atomic E-state index is -3.22. The summed E-state index contributed by atoms with van der Waals surface area (Å²) < 4.78 is 23.2. The third-order valence-electron chi connectivity index (χ3n) is 3.41. The van der Waals surface area contributed by atoms with Crippen LogP contribution in [0.25, 0.3) is 0 Å². The molecule has 0 aromatic heterocycles. The Kier molecular flexibility index (Phi) is 2.01. The third-order valence-corrected chi connectivity index (χ3v) is 5.87. The van der Waals surface area contributed by atoms with E-state index in [0.717, 1.165) is 0 Å². The highest BCUT2D eigenvalue weighted by molar-refractivity contribution is 7.95. The van der Waals surface area contributed by atoms with Crippen LogP contribution in [-0.2, 0) is 14.6 Å². The molecule has 1 N–H and O–H groups in total. The number of carbonyl (C=O) groups is 1. The topological polar surface area (TPSA) is 74.7 Å². The Morgan fingerprint density at radius 3 is 2.71 bits per heavy atom. The van der Waals surface area contributed by atoms with Gasteiger partial charge in [-0.1, -0.05) is 6.07 Å². The molecule has 0 saturated carbocycles. The molecule has 17 heavy (non-hydrogen) atoms. The predicted octanol–water partition coefficient (Wildman–Crippen LogP) is 0.295. The van der Waals surface area contributed by atoms with Crippen LogP contribution in [0.2, 0.25) is 0 Å². The molecule has 3 fully saturated rings. The number of fused-ring (bicyclic) bond motifs is 2. The Morgan fingerprint density at radius 2 is 2.12 bits per heavy atom. The van der Waals surface area contributed by atoms with Crippen molar-refractivity contribution in [3.05, 3.63) is 24.3 Å². The molecule has 5 nitrogen and oxygen atoms in total. The van der Waals surface area contributed by atoms with E-state index in [1.54, 1.807) is 12.1 Å². The molecule has 0 aliphatic carbocycles. The highest BCUT2D eigenvalue weighted by atomic mass is 32.2. The van der Waals surface area contributed by atoms with Gasteiger partial charge in [-0.3, -0.25) is 4.79 Å². The summed E-state index contributed by atoms with van der Waals surface area (Å²) in [4.78, 5) is 13.4. The zero-order valence-electron chi connectivity index (χ0n) is 8.91. The quantitative estimate of drug-likeness (QED) is 0.781. The van der Waals surface area contributed by atoms with Crippen LogP contribution in [-0.4, -0.2) is 36.5 Å². The standard InChI is InChI=1S/C11H11NO4S/c13-8-3-1-2-7(4-8)12-6-9-5-10(11(12)14)17(9,15)16/h1-4,9-10,13H,5-6H2. The highest BCUT2D eigenvalue weighted by Gasteiger charge is 2.57. The van der Waals surface area contributed by atoms with E-state index in [-0.39, 0.29) is 18.2 Å². The Hall–Kier alpha value is -1.56. The summed E-state index contributed by atoms with van der Waals surface area (Å²) >= 11 is 0. The maximum atomic E-state index is 12.0. The number of hydrogen-bond donors (Lipinski definition) is 1.